The fourth-order valence-electron chi connectivity index (χ4n) is 5.81. The van der Waals surface area contributed by atoms with Gasteiger partial charge in [-0.3, -0.25) is 0 Å². The summed E-state index contributed by atoms with van der Waals surface area (Å²) in [5.41, 5.74) is 11.0. The number of aryl methyl sites for hydroxylation is 8. The van der Waals surface area contributed by atoms with E-state index in [-0.39, 0.29) is 0 Å². The molecule has 0 N–H and O–H groups in total. The van der Waals surface area contributed by atoms with Crippen LogP contribution < -0.4 is 13.1 Å². The monoisotopic (exact) mass is 510 g/mol. The second-order valence-corrected chi connectivity index (χ2v) is 19.0. The minimum absolute atomic E-state index is 1.33. The molecule has 0 unspecified atom stereocenters. The van der Waals surface area contributed by atoms with Gasteiger partial charge in [-0.15, -0.1) is 0 Å². The summed E-state index contributed by atoms with van der Waals surface area (Å²) in [6.07, 6.45) is 0. The molecule has 4 aromatic rings. The van der Waals surface area contributed by atoms with E-state index in [0.29, 0.717) is 0 Å². The summed E-state index contributed by atoms with van der Waals surface area (Å²) in [5.74, 6) is 0. The second-order valence-electron chi connectivity index (χ2n) is 10.0. The first-order valence-corrected chi connectivity index (χ1v) is 16.9. The molecule has 4 rings (SSSR count). The van der Waals surface area contributed by atoms with Crippen LogP contribution in [-0.2, 0) is 20.3 Å². The fourth-order valence-corrected chi connectivity index (χ4v) is 19.9. The van der Waals surface area contributed by atoms with Crippen LogP contribution in [0.3, 0.4) is 0 Å². The standard InChI is InChI=1S/4C8H9.Zr/c4*1-7-4-3-5-8(2)6-7;/h4*3-4,6H,1-2H3;. The first-order valence-electron chi connectivity index (χ1n) is 12.0. The van der Waals surface area contributed by atoms with Crippen molar-refractivity contribution in [3.8, 4) is 0 Å². The molecule has 33 heavy (non-hydrogen) atoms. The van der Waals surface area contributed by atoms with E-state index in [1.54, 1.807) is 13.1 Å². The summed E-state index contributed by atoms with van der Waals surface area (Å²) in [7, 11) is 0. The van der Waals surface area contributed by atoms with Gasteiger partial charge in [0.2, 0.25) is 0 Å². The number of rotatable bonds is 4. The molecule has 0 bridgehead atoms. The Morgan fingerprint density at radius 3 is 0.727 bits per heavy atom. The van der Waals surface area contributed by atoms with Crippen molar-refractivity contribution in [2.75, 3.05) is 0 Å². The van der Waals surface area contributed by atoms with E-state index in [4.69, 9.17) is 0 Å². The van der Waals surface area contributed by atoms with Gasteiger partial charge in [0.1, 0.15) is 0 Å². The predicted octanol–water partition coefficient (Wildman–Crippen LogP) is 5.91. The van der Waals surface area contributed by atoms with E-state index in [9.17, 15) is 0 Å². The van der Waals surface area contributed by atoms with Crippen LogP contribution in [0.1, 0.15) is 44.5 Å². The molecule has 1 heteroatoms. The van der Waals surface area contributed by atoms with Crippen LogP contribution in [0.25, 0.3) is 0 Å². The first-order chi connectivity index (χ1) is 15.6. The van der Waals surface area contributed by atoms with Crippen molar-refractivity contribution in [2.24, 2.45) is 0 Å². The Balaban J connectivity index is 2.28. The molecule has 0 aromatic heterocycles. The summed E-state index contributed by atoms with van der Waals surface area (Å²) < 4.78 is 6.28. The summed E-state index contributed by atoms with van der Waals surface area (Å²) in [6, 6.07) is 28.7. The van der Waals surface area contributed by atoms with Gasteiger partial charge in [-0.2, -0.15) is 0 Å². The maximum atomic E-state index is 2.46. The molecule has 0 aliphatic rings. The number of benzene rings is 4. The number of hydrogen-bond acceptors (Lipinski definition) is 0. The van der Waals surface area contributed by atoms with Crippen LogP contribution in [0, 0.1) is 55.4 Å². The van der Waals surface area contributed by atoms with E-state index >= 15 is 0 Å². The van der Waals surface area contributed by atoms with Crippen LogP contribution in [0.5, 0.6) is 0 Å². The van der Waals surface area contributed by atoms with Gasteiger partial charge in [0.15, 0.2) is 0 Å². The zero-order valence-electron chi connectivity index (χ0n) is 21.4. The van der Waals surface area contributed by atoms with E-state index in [1.807, 2.05) is 0 Å². The van der Waals surface area contributed by atoms with Crippen molar-refractivity contribution in [1.82, 2.24) is 0 Å². The van der Waals surface area contributed by atoms with Crippen LogP contribution in [0.15, 0.2) is 72.8 Å². The third-order valence-corrected chi connectivity index (χ3v) is 20.6. The Morgan fingerprint density at radius 1 is 0.333 bits per heavy atom. The predicted molar refractivity (Wildman–Crippen MR) is 142 cm³/mol. The van der Waals surface area contributed by atoms with Gasteiger partial charge in [-0.1, -0.05) is 0 Å². The Bertz CT molecular complexity index is 1130. The molecule has 0 atom stereocenters. The molecule has 0 radical (unpaired) electrons. The summed E-state index contributed by atoms with van der Waals surface area (Å²) in [5, 5.41) is 0. The van der Waals surface area contributed by atoms with Crippen molar-refractivity contribution in [3.05, 3.63) is 117 Å². The Morgan fingerprint density at radius 2 is 0.545 bits per heavy atom. The second kappa shape index (κ2) is 9.19. The average Bonchev–Trinajstić information content (AvgIpc) is 2.72. The molecule has 4 aromatic carbocycles. The summed E-state index contributed by atoms with van der Waals surface area (Å²) in [6.45, 7) is 18.1. The normalized spacial score (nSPS) is 11.6. The maximum absolute atomic E-state index is 3.68. The van der Waals surface area contributed by atoms with Crippen LogP contribution in [0.4, 0.5) is 0 Å². The Kier molecular flexibility index (Phi) is 6.66. The molecule has 0 aliphatic carbocycles. The van der Waals surface area contributed by atoms with Crippen molar-refractivity contribution >= 4 is 13.1 Å². The van der Waals surface area contributed by atoms with E-state index in [0.717, 1.165) is 0 Å². The first kappa shape index (κ1) is 23.9. The molecular formula is C32H36Zr. The van der Waals surface area contributed by atoms with Crippen LogP contribution in [-0.4, -0.2) is 0 Å². The summed E-state index contributed by atoms with van der Waals surface area (Å²) in [4.78, 5) is 0. The SMILES string of the molecule is Cc1cc[c]([Zr]([c]2ccc(C)cc2C)([c]2ccc(C)cc2C)[c]2ccc(C)cc2C)c(C)c1. The molecule has 0 fully saturated rings. The van der Waals surface area contributed by atoms with E-state index in [1.165, 1.54) is 44.5 Å². The van der Waals surface area contributed by atoms with Crippen LogP contribution in [0.2, 0.25) is 0 Å². The molecule has 0 spiro atoms. The van der Waals surface area contributed by atoms with Crippen molar-refractivity contribution in [1.29, 1.82) is 0 Å². The van der Waals surface area contributed by atoms with Crippen molar-refractivity contribution in [2.45, 2.75) is 55.4 Å². The third-order valence-electron chi connectivity index (χ3n) is 7.14. The molecule has 0 aliphatic heterocycles. The molecule has 0 amide bonds. The van der Waals surface area contributed by atoms with Crippen molar-refractivity contribution in [3.63, 3.8) is 0 Å². The Labute approximate surface area is 205 Å². The average molecular weight is 512 g/mol. The van der Waals surface area contributed by atoms with Gasteiger partial charge >= 0.3 is 206 Å². The molecule has 0 saturated carbocycles. The molecule has 168 valence electrons. The van der Waals surface area contributed by atoms with Gasteiger partial charge in [0.05, 0.1) is 0 Å². The zero-order chi connectivity index (χ0) is 23.9. The molecule has 0 heterocycles. The van der Waals surface area contributed by atoms with Gasteiger partial charge in [0.25, 0.3) is 0 Å². The van der Waals surface area contributed by atoms with Crippen molar-refractivity contribution < 1.29 is 20.3 Å². The van der Waals surface area contributed by atoms with Gasteiger partial charge in [-0.05, 0) is 0 Å². The molecular weight excluding hydrogens is 476 g/mol. The number of hydrogen-bond donors (Lipinski definition) is 0. The Hall–Kier alpha value is -2.24. The van der Waals surface area contributed by atoms with Gasteiger partial charge in [0, 0.05) is 0 Å². The minimum atomic E-state index is -3.68. The van der Waals surface area contributed by atoms with Crippen LogP contribution >= 0.6 is 0 Å². The quantitative estimate of drug-likeness (QED) is 0.320. The summed E-state index contributed by atoms with van der Waals surface area (Å²) >= 11 is -3.68. The molecule has 0 saturated heterocycles. The van der Waals surface area contributed by atoms with Gasteiger partial charge in [-0.25, -0.2) is 0 Å². The zero-order valence-corrected chi connectivity index (χ0v) is 23.9. The third kappa shape index (κ3) is 4.22. The van der Waals surface area contributed by atoms with E-state index < -0.39 is 20.3 Å². The fraction of sp³-hybridized carbons (Fsp3) is 0.250. The van der Waals surface area contributed by atoms with E-state index in [2.05, 4.69) is 128 Å². The van der Waals surface area contributed by atoms with Gasteiger partial charge < -0.3 is 0 Å². The molecule has 0 nitrogen and oxygen atoms in total. The topological polar surface area (TPSA) is 0 Å².